The topological polar surface area (TPSA) is 116 Å². The van der Waals surface area contributed by atoms with Crippen LogP contribution in [-0.2, 0) is 14.3 Å². The van der Waals surface area contributed by atoms with Crippen LogP contribution < -0.4 is 5.32 Å². The number of rotatable bonds is 23. The van der Waals surface area contributed by atoms with Crippen LogP contribution in [0.2, 0.25) is 0 Å². The first kappa shape index (κ1) is 32.8. The summed E-state index contributed by atoms with van der Waals surface area (Å²) in [4.78, 5) is 23.7. The average Bonchev–Trinajstić information content (AvgIpc) is 2.80. The smallest absolute Gasteiger partial charge is 0.305 e. The second kappa shape index (κ2) is 21.1. The van der Waals surface area contributed by atoms with Crippen molar-refractivity contribution in [3.05, 3.63) is 0 Å². The molecule has 0 aliphatic heterocycles. The number of esters is 1. The van der Waals surface area contributed by atoms with Gasteiger partial charge < -0.3 is 25.4 Å². The van der Waals surface area contributed by atoms with Crippen LogP contribution in [0.25, 0.3) is 0 Å². The second-order valence-corrected chi connectivity index (χ2v) is 9.73. The highest BCUT2D eigenvalue weighted by molar-refractivity contribution is 5.78. The quantitative estimate of drug-likeness (QED) is 0.0894. The van der Waals surface area contributed by atoms with Crippen molar-refractivity contribution in [3.8, 4) is 0 Å². The highest BCUT2D eigenvalue weighted by Crippen LogP contribution is 2.21. The summed E-state index contributed by atoms with van der Waals surface area (Å²) in [6.45, 7) is 4.16. The van der Waals surface area contributed by atoms with E-state index in [-0.39, 0.29) is 30.8 Å². The number of methoxy groups -OCH3 is 1. The first-order valence-corrected chi connectivity index (χ1v) is 13.8. The van der Waals surface area contributed by atoms with Crippen molar-refractivity contribution < 1.29 is 29.6 Å². The van der Waals surface area contributed by atoms with E-state index in [2.05, 4.69) is 17.0 Å². The standard InChI is InChI=1S/C27H53NO6/c1-4-6-7-8-9-10-11-12-13-14-15-16-17-20-24(27(31,32)33)22-28-26(30)23(5-2)19-18-21-25(29)34-3/h23-24,31-33H,4-22H2,1-3H3,(H,28,30). The van der Waals surface area contributed by atoms with E-state index in [1.165, 1.54) is 71.3 Å². The van der Waals surface area contributed by atoms with Crippen molar-refractivity contribution in [1.29, 1.82) is 0 Å². The maximum Gasteiger partial charge on any atom is 0.305 e. The first-order chi connectivity index (χ1) is 16.3. The number of carbonyl (C=O) groups is 2. The van der Waals surface area contributed by atoms with E-state index >= 15 is 0 Å². The zero-order valence-corrected chi connectivity index (χ0v) is 22.2. The van der Waals surface area contributed by atoms with Crippen LogP contribution in [0, 0.1) is 11.8 Å². The molecule has 0 aromatic heterocycles. The molecular formula is C27H53NO6. The molecule has 0 spiro atoms. The van der Waals surface area contributed by atoms with Crippen molar-refractivity contribution in [1.82, 2.24) is 5.32 Å². The third kappa shape index (κ3) is 18.2. The fraction of sp³-hybridized carbons (Fsp3) is 0.926. The Morgan fingerprint density at radius 1 is 0.765 bits per heavy atom. The van der Waals surface area contributed by atoms with Gasteiger partial charge in [0.15, 0.2) is 0 Å². The van der Waals surface area contributed by atoms with Crippen LogP contribution in [0.5, 0.6) is 0 Å². The minimum atomic E-state index is -2.81. The third-order valence-electron chi connectivity index (χ3n) is 6.75. The van der Waals surface area contributed by atoms with Crippen molar-refractivity contribution in [2.45, 2.75) is 135 Å². The lowest BCUT2D eigenvalue weighted by Crippen LogP contribution is -2.45. The second-order valence-electron chi connectivity index (χ2n) is 9.73. The molecule has 0 rings (SSSR count). The van der Waals surface area contributed by atoms with Gasteiger partial charge in [-0.1, -0.05) is 97.3 Å². The number of amides is 1. The van der Waals surface area contributed by atoms with Crippen molar-refractivity contribution in [2.24, 2.45) is 11.8 Å². The molecule has 0 aliphatic rings. The average molecular weight is 488 g/mol. The number of aliphatic hydroxyl groups is 3. The number of unbranched alkanes of at least 4 members (excludes halogenated alkanes) is 12. The lowest BCUT2D eigenvalue weighted by molar-refractivity contribution is -0.341. The van der Waals surface area contributed by atoms with Crippen molar-refractivity contribution in [2.75, 3.05) is 13.7 Å². The fourth-order valence-electron chi connectivity index (χ4n) is 4.32. The van der Waals surface area contributed by atoms with Crippen molar-refractivity contribution in [3.63, 3.8) is 0 Å². The summed E-state index contributed by atoms with van der Waals surface area (Å²) in [5.74, 6) is -4.38. The van der Waals surface area contributed by atoms with E-state index in [0.29, 0.717) is 25.7 Å². The summed E-state index contributed by atoms with van der Waals surface area (Å²) in [6.07, 6.45) is 18.4. The van der Waals surface area contributed by atoms with Gasteiger partial charge in [0.1, 0.15) is 0 Å². The Labute approximate surface area is 208 Å². The van der Waals surface area contributed by atoms with Crippen molar-refractivity contribution >= 4 is 11.9 Å². The minimum absolute atomic E-state index is 0.00803. The van der Waals surface area contributed by atoms with Crippen LogP contribution in [0.4, 0.5) is 0 Å². The SMILES string of the molecule is CCCCCCCCCCCCCCCC(CNC(=O)C(CC)CCCC(=O)OC)C(O)(O)O. The van der Waals surface area contributed by atoms with Crippen LogP contribution in [-0.4, -0.2) is 46.8 Å². The molecule has 0 radical (unpaired) electrons. The zero-order valence-electron chi connectivity index (χ0n) is 22.2. The Morgan fingerprint density at radius 2 is 1.26 bits per heavy atom. The molecule has 0 saturated heterocycles. The van der Waals surface area contributed by atoms with Gasteiger partial charge in [-0.25, -0.2) is 0 Å². The Hall–Kier alpha value is -1.18. The number of ether oxygens (including phenoxy) is 1. The number of carbonyl (C=O) groups excluding carboxylic acids is 2. The zero-order chi connectivity index (χ0) is 25.7. The Balaban J connectivity index is 4.02. The van der Waals surface area contributed by atoms with Gasteiger partial charge in [0, 0.05) is 18.9 Å². The highest BCUT2D eigenvalue weighted by Gasteiger charge is 2.32. The van der Waals surface area contributed by atoms with Gasteiger partial charge in [0.05, 0.1) is 13.0 Å². The lowest BCUT2D eigenvalue weighted by Gasteiger charge is -2.27. The predicted molar refractivity (Wildman–Crippen MR) is 136 cm³/mol. The van der Waals surface area contributed by atoms with E-state index in [0.717, 1.165) is 19.3 Å². The van der Waals surface area contributed by atoms with Gasteiger partial charge in [0.25, 0.3) is 5.97 Å². The molecule has 0 bridgehead atoms. The lowest BCUT2D eigenvalue weighted by atomic mass is 9.95. The Morgan fingerprint density at radius 3 is 1.71 bits per heavy atom. The molecule has 4 N–H and O–H groups in total. The highest BCUT2D eigenvalue weighted by atomic mass is 16.7. The van der Waals surface area contributed by atoms with Gasteiger partial charge in [-0.05, 0) is 25.7 Å². The molecule has 1 amide bonds. The molecule has 34 heavy (non-hydrogen) atoms. The summed E-state index contributed by atoms with van der Waals surface area (Å²) in [7, 11) is 1.34. The largest absolute Gasteiger partial charge is 0.469 e. The summed E-state index contributed by atoms with van der Waals surface area (Å²) in [5, 5.41) is 31.9. The van der Waals surface area contributed by atoms with Crippen LogP contribution in [0.3, 0.4) is 0 Å². The molecule has 0 aliphatic carbocycles. The molecule has 2 unspecified atom stereocenters. The van der Waals surface area contributed by atoms with Crippen LogP contribution >= 0.6 is 0 Å². The van der Waals surface area contributed by atoms with E-state index in [1.807, 2.05) is 6.92 Å². The van der Waals surface area contributed by atoms with Crippen LogP contribution in [0.15, 0.2) is 0 Å². The van der Waals surface area contributed by atoms with Gasteiger partial charge >= 0.3 is 5.97 Å². The molecular weight excluding hydrogens is 434 g/mol. The molecule has 7 nitrogen and oxygen atoms in total. The van der Waals surface area contributed by atoms with Crippen LogP contribution in [0.1, 0.15) is 129 Å². The van der Waals surface area contributed by atoms with E-state index in [4.69, 9.17) is 0 Å². The summed E-state index contributed by atoms with van der Waals surface area (Å²) < 4.78 is 4.62. The normalized spacial score (nSPS) is 13.5. The number of hydrogen-bond acceptors (Lipinski definition) is 6. The predicted octanol–water partition coefficient (Wildman–Crippen LogP) is 5.20. The monoisotopic (exact) mass is 487 g/mol. The van der Waals surface area contributed by atoms with Gasteiger partial charge in [-0.3, -0.25) is 9.59 Å². The molecule has 0 saturated carbocycles. The maximum atomic E-state index is 12.5. The number of hydrogen-bond donors (Lipinski definition) is 4. The Bertz CT molecular complexity index is 506. The molecule has 7 heteroatoms. The Kier molecular flexibility index (Phi) is 20.4. The van der Waals surface area contributed by atoms with E-state index in [1.54, 1.807) is 0 Å². The molecule has 2 atom stereocenters. The fourth-order valence-corrected chi connectivity index (χ4v) is 4.32. The maximum absolute atomic E-state index is 12.5. The van der Waals surface area contributed by atoms with E-state index < -0.39 is 11.9 Å². The summed E-state index contributed by atoms with van der Waals surface area (Å²) in [6, 6.07) is 0. The molecule has 202 valence electrons. The number of nitrogens with one attached hydrogen (secondary N) is 1. The molecule has 0 fully saturated rings. The third-order valence-corrected chi connectivity index (χ3v) is 6.75. The van der Waals surface area contributed by atoms with Gasteiger partial charge in [-0.2, -0.15) is 0 Å². The molecule has 0 aromatic carbocycles. The van der Waals surface area contributed by atoms with Gasteiger partial charge in [0.2, 0.25) is 5.91 Å². The minimum Gasteiger partial charge on any atom is -0.469 e. The molecule has 0 heterocycles. The summed E-state index contributed by atoms with van der Waals surface area (Å²) >= 11 is 0. The van der Waals surface area contributed by atoms with E-state index in [9.17, 15) is 24.9 Å². The first-order valence-electron chi connectivity index (χ1n) is 13.8. The summed E-state index contributed by atoms with van der Waals surface area (Å²) in [5.41, 5.74) is 0. The van der Waals surface area contributed by atoms with Gasteiger partial charge in [-0.15, -0.1) is 0 Å². The molecule has 0 aromatic rings.